The quantitative estimate of drug-likeness (QED) is 0.537. The van der Waals surface area contributed by atoms with Crippen LogP contribution in [0.1, 0.15) is 22.5 Å². The number of hydrogen-bond acceptors (Lipinski definition) is 5. The van der Waals surface area contributed by atoms with E-state index in [1.807, 2.05) is 24.3 Å². The Morgan fingerprint density at radius 2 is 2.07 bits per heavy atom. The minimum atomic E-state index is -0.399. The van der Waals surface area contributed by atoms with Gasteiger partial charge >= 0.3 is 0 Å². The second-order valence-corrected chi connectivity index (χ2v) is 8.34. The average molecular weight is 461 g/mol. The van der Waals surface area contributed by atoms with E-state index in [0.717, 1.165) is 24.0 Å². The van der Waals surface area contributed by atoms with Gasteiger partial charge in [0, 0.05) is 22.0 Å². The van der Waals surface area contributed by atoms with Crippen LogP contribution in [0.15, 0.2) is 40.2 Å². The molecule has 0 bridgehead atoms. The van der Waals surface area contributed by atoms with Crippen LogP contribution in [0.2, 0.25) is 0 Å². The first-order valence-electron chi connectivity index (χ1n) is 8.75. The monoisotopic (exact) mass is 460 g/mol. The van der Waals surface area contributed by atoms with Gasteiger partial charge in [0.15, 0.2) is 11.5 Å². The largest absolute Gasteiger partial charge is 0.454 e. The van der Waals surface area contributed by atoms with Gasteiger partial charge in [-0.1, -0.05) is 15.9 Å². The first kappa shape index (κ1) is 17.6. The Kier molecular flexibility index (Phi) is 4.32. The number of halogens is 2. The Balaban J connectivity index is 1.47. The summed E-state index contributed by atoms with van der Waals surface area (Å²) < 4.78 is 26.0. The molecule has 0 fully saturated rings. The number of carbonyl (C=O) groups is 1. The molecule has 1 amide bonds. The Morgan fingerprint density at radius 1 is 1.21 bits per heavy atom. The van der Waals surface area contributed by atoms with Gasteiger partial charge in [0.2, 0.25) is 6.79 Å². The van der Waals surface area contributed by atoms with Gasteiger partial charge in [-0.25, -0.2) is 9.37 Å². The van der Waals surface area contributed by atoms with E-state index in [2.05, 4.69) is 20.9 Å². The summed E-state index contributed by atoms with van der Waals surface area (Å²) in [7, 11) is 0. The Labute approximate surface area is 172 Å². The second-order valence-electron chi connectivity index (χ2n) is 6.56. The molecular formula is C20H14BrFN2O3S. The lowest BCUT2D eigenvalue weighted by molar-refractivity contribution is 0.0980. The zero-order valence-electron chi connectivity index (χ0n) is 14.6. The molecule has 0 N–H and O–H groups in total. The van der Waals surface area contributed by atoms with Crippen molar-refractivity contribution in [3.05, 3.63) is 57.3 Å². The summed E-state index contributed by atoms with van der Waals surface area (Å²) in [5.41, 5.74) is 2.35. The van der Waals surface area contributed by atoms with Gasteiger partial charge < -0.3 is 14.4 Å². The molecule has 3 aromatic rings. The van der Waals surface area contributed by atoms with E-state index < -0.39 is 5.82 Å². The topological polar surface area (TPSA) is 51.7 Å². The third kappa shape index (κ3) is 2.97. The number of nitrogens with zero attached hydrogens (tertiary/aromatic N) is 2. The van der Waals surface area contributed by atoms with Crippen molar-refractivity contribution in [2.24, 2.45) is 0 Å². The zero-order valence-corrected chi connectivity index (χ0v) is 17.0. The first-order valence-corrected chi connectivity index (χ1v) is 10.4. The van der Waals surface area contributed by atoms with Crippen LogP contribution in [0.25, 0.3) is 10.6 Å². The van der Waals surface area contributed by atoms with Crippen molar-refractivity contribution in [3.8, 4) is 22.1 Å². The molecule has 0 saturated carbocycles. The number of rotatable bonds is 2. The number of hydrogen-bond donors (Lipinski definition) is 0. The van der Waals surface area contributed by atoms with Crippen LogP contribution in [0.3, 0.4) is 0 Å². The van der Waals surface area contributed by atoms with Crippen molar-refractivity contribution in [2.45, 2.75) is 12.8 Å². The van der Waals surface area contributed by atoms with Crippen molar-refractivity contribution in [2.75, 3.05) is 18.2 Å². The summed E-state index contributed by atoms with van der Waals surface area (Å²) in [4.78, 5) is 19.1. The van der Waals surface area contributed by atoms with E-state index in [4.69, 9.17) is 9.47 Å². The molecule has 1 aromatic heterocycles. The van der Waals surface area contributed by atoms with Crippen molar-refractivity contribution < 1.29 is 18.7 Å². The highest BCUT2D eigenvalue weighted by molar-refractivity contribution is 9.10. The SMILES string of the molecule is O=C(c1csc(-c2ccc3c(c2)OCO3)n1)N1CCCc2cc(Br)cc(F)c21. The van der Waals surface area contributed by atoms with Crippen LogP contribution in [0.5, 0.6) is 11.5 Å². The highest BCUT2D eigenvalue weighted by Crippen LogP contribution is 2.38. The van der Waals surface area contributed by atoms with Crippen LogP contribution >= 0.6 is 27.3 Å². The number of benzene rings is 2. The number of carbonyl (C=O) groups excluding carboxylic acids is 1. The summed E-state index contributed by atoms with van der Waals surface area (Å²) in [6, 6.07) is 8.83. The number of thiazole rings is 1. The fourth-order valence-electron chi connectivity index (χ4n) is 3.53. The molecule has 2 aromatic carbocycles. The number of aromatic nitrogens is 1. The molecule has 5 nitrogen and oxygen atoms in total. The molecule has 28 heavy (non-hydrogen) atoms. The predicted molar refractivity (Wildman–Crippen MR) is 108 cm³/mol. The van der Waals surface area contributed by atoms with Crippen LogP contribution in [-0.2, 0) is 6.42 Å². The lowest BCUT2D eigenvalue weighted by Crippen LogP contribution is -2.36. The molecule has 2 aliphatic rings. The van der Waals surface area contributed by atoms with Gasteiger partial charge in [0.05, 0.1) is 5.69 Å². The van der Waals surface area contributed by atoms with Gasteiger partial charge in [-0.2, -0.15) is 0 Å². The highest BCUT2D eigenvalue weighted by Gasteiger charge is 2.28. The number of ether oxygens (including phenoxy) is 2. The lowest BCUT2D eigenvalue weighted by atomic mass is 10.0. The molecule has 3 heterocycles. The number of aryl methyl sites for hydroxylation is 1. The minimum absolute atomic E-state index is 0.205. The van der Waals surface area contributed by atoms with Gasteiger partial charge in [0.25, 0.3) is 5.91 Å². The molecule has 0 spiro atoms. The maximum absolute atomic E-state index is 14.6. The molecule has 5 rings (SSSR count). The van der Waals surface area contributed by atoms with Crippen molar-refractivity contribution in [1.29, 1.82) is 0 Å². The third-order valence-corrected chi connectivity index (χ3v) is 6.14. The maximum atomic E-state index is 14.6. The molecular weight excluding hydrogens is 447 g/mol. The van der Waals surface area contributed by atoms with E-state index in [0.29, 0.717) is 38.9 Å². The highest BCUT2D eigenvalue weighted by atomic mass is 79.9. The Morgan fingerprint density at radius 3 is 2.96 bits per heavy atom. The van der Waals surface area contributed by atoms with Crippen LogP contribution in [0.4, 0.5) is 10.1 Å². The fourth-order valence-corrected chi connectivity index (χ4v) is 4.80. The molecule has 0 atom stereocenters. The molecule has 0 radical (unpaired) electrons. The average Bonchev–Trinajstić information content (AvgIpc) is 3.35. The molecule has 0 saturated heterocycles. The Bertz CT molecular complexity index is 1100. The van der Waals surface area contributed by atoms with E-state index in [1.165, 1.54) is 22.3 Å². The third-order valence-electron chi connectivity index (χ3n) is 4.79. The summed E-state index contributed by atoms with van der Waals surface area (Å²) in [6.07, 6.45) is 1.53. The van der Waals surface area contributed by atoms with Gasteiger partial charge in [-0.3, -0.25) is 4.79 Å². The molecule has 0 aliphatic carbocycles. The minimum Gasteiger partial charge on any atom is -0.454 e. The number of fused-ring (bicyclic) bond motifs is 2. The molecule has 0 unspecified atom stereocenters. The van der Waals surface area contributed by atoms with E-state index in [1.54, 1.807) is 5.38 Å². The van der Waals surface area contributed by atoms with Crippen molar-refractivity contribution >= 4 is 38.9 Å². The summed E-state index contributed by atoms with van der Waals surface area (Å²) in [5.74, 6) is 0.676. The van der Waals surface area contributed by atoms with E-state index in [-0.39, 0.29) is 12.7 Å². The molecule has 2 aliphatic heterocycles. The van der Waals surface area contributed by atoms with E-state index >= 15 is 0 Å². The lowest BCUT2D eigenvalue weighted by Gasteiger charge is -2.29. The zero-order chi connectivity index (χ0) is 19.3. The summed E-state index contributed by atoms with van der Waals surface area (Å²) in [6.45, 7) is 0.678. The fraction of sp³-hybridized carbons (Fsp3) is 0.200. The number of anilines is 1. The number of amides is 1. The Hall–Kier alpha value is -2.45. The smallest absolute Gasteiger partial charge is 0.277 e. The summed E-state index contributed by atoms with van der Waals surface area (Å²) >= 11 is 4.69. The molecule has 8 heteroatoms. The van der Waals surface area contributed by atoms with Crippen LogP contribution in [0, 0.1) is 5.82 Å². The normalized spacial score (nSPS) is 14.9. The predicted octanol–water partition coefficient (Wildman–Crippen LogP) is 5.03. The van der Waals surface area contributed by atoms with Gasteiger partial charge in [0.1, 0.15) is 16.5 Å². The van der Waals surface area contributed by atoms with Crippen LogP contribution in [-0.4, -0.2) is 24.2 Å². The van der Waals surface area contributed by atoms with Gasteiger partial charge in [-0.05, 0) is 48.7 Å². The summed E-state index contributed by atoms with van der Waals surface area (Å²) in [5, 5.41) is 2.42. The van der Waals surface area contributed by atoms with Crippen molar-refractivity contribution in [3.63, 3.8) is 0 Å². The maximum Gasteiger partial charge on any atom is 0.277 e. The van der Waals surface area contributed by atoms with Crippen molar-refractivity contribution in [1.82, 2.24) is 4.98 Å². The standard InChI is InChI=1S/C20H14BrFN2O3S/c21-13-6-11-2-1-5-24(18(11)14(22)8-13)20(25)15-9-28-19(23-15)12-3-4-16-17(7-12)27-10-26-16/h3-4,6-9H,1-2,5,10H2. The van der Waals surface area contributed by atoms with Crippen LogP contribution < -0.4 is 14.4 Å². The van der Waals surface area contributed by atoms with E-state index in [9.17, 15) is 9.18 Å². The first-order chi connectivity index (χ1) is 13.6. The second kappa shape index (κ2) is 6.86. The molecule has 142 valence electrons. The van der Waals surface area contributed by atoms with Gasteiger partial charge in [-0.15, -0.1) is 11.3 Å².